The van der Waals surface area contributed by atoms with Gasteiger partial charge in [0, 0.05) is 18.2 Å². The first-order valence-corrected chi connectivity index (χ1v) is 6.11. The normalized spacial score (nSPS) is 10.3. The maximum atomic E-state index is 13.7. The Balaban J connectivity index is 2.18. The number of nitrogens with one attached hydrogen (secondary N) is 1. The van der Waals surface area contributed by atoms with Gasteiger partial charge in [-0.25, -0.2) is 14.4 Å². The SMILES string of the molecule is COc1cccc(F)c1CNc1nc(Cl)cc(Cl)n1. The second-order valence-corrected chi connectivity index (χ2v) is 4.39. The summed E-state index contributed by atoms with van der Waals surface area (Å²) < 4.78 is 18.8. The maximum absolute atomic E-state index is 13.7. The molecule has 0 bridgehead atoms. The smallest absolute Gasteiger partial charge is 0.225 e. The van der Waals surface area contributed by atoms with Crippen LogP contribution in [0, 0.1) is 5.82 Å². The van der Waals surface area contributed by atoms with Crippen molar-refractivity contribution in [2.45, 2.75) is 6.54 Å². The molecular weight excluding hydrogens is 292 g/mol. The Morgan fingerprint density at radius 3 is 2.58 bits per heavy atom. The van der Waals surface area contributed by atoms with Gasteiger partial charge in [0.15, 0.2) is 0 Å². The van der Waals surface area contributed by atoms with Gasteiger partial charge in [-0.2, -0.15) is 0 Å². The molecule has 19 heavy (non-hydrogen) atoms. The molecule has 0 unspecified atom stereocenters. The zero-order valence-corrected chi connectivity index (χ0v) is 11.5. The lowest BCUT2D eigenvalue weighted by Crippen LogP contribution is -2.07. The number of aromatic nitrogens is 2. The van der Waals surface area contributed by atoms with E-state index in [1.807, 2.05) is 0 Å². The van der Waals surface area contributed by atoms with Crippen LogP contribution >= 0.6 is 23.2 Å². The highest BCUT2D eigenvalue weighted by Gasteiger charge is 2.09. The molecule has 0 radical (unpaired) electrons. The van der Waals surface area contributed by atoms with Crippen molar-refractivity contribution in [2.24, 2.45) is 0 Å². The molecule has 0 atom stereocenters. The van der Waals surface area contributed by atoms with Crippen molar-refractivity contribution in [1.82, 2.24) is 9.97 Å². The molecule has 100 valence electrons. The number of methoxy groups -OCH3 is 1. The molecule has 0 aliphatic carbocycles. The highest BCUT2D eigenvalue weighted by molar-refractivity contribution is 6.33. The molecule has 1 aromatic heterocycles. The molecule has 1 N–H and O–H groups in total. The van der Waals surface area contributed by atoms with Crippen molar-refractivity contribution in [1.29, 1.82) is 0 Å². The van der Waals surface area contributed by atoms with E-state index < -0.39 is 0 Å². The van der Waals surface area contributed by atoms with Gasteiger partial charge < -0.3 is 10.1 Å². The molecule has 1 heterocycles. The van der Waals surface area contributed by atoms with Crippen molar-refractivity contribution in [3.63, 3.8) is 0 Å². The van der Waals surface area contributed by atoms with Crippen LogP contribution in [0.15, 0.2) is 24.3 Å². The van der Waals surface area contributed by atoms with Crippen molar-refractivity contribution in [3.8, 4) is 5.75 Å². The van der Waals surface area contributed by atoms with Crippen molar-refractivity contribution in [2.75, 3.05) is 12.4 Å². The van der Waals surface area contributed by atoms with Gasteiger partial charge in [-0.3, -0.25) is 0 Å². The zero-order chi connectivity index (χ0) is 13.8. The van der Waals surface area contributed by atoms with Crippen LogP contribution in [0.5, 0.6) is 5.75 Å². The second-order valence-electron chi connectivity index (χ2n) is 3.61. The van der Waals surface area contributed by atoms with Gasteiger partial charge in [-0.15, -0.1) is 0 Å². The second kappa shape index (κ2) is 6.04. The predicted molar refractivity (Wildman–Crippen MR) is 72.3 cm³/mol. The van der Waals surface area contributed by atoms with E-state index in [0.717, 1.165) is 0 Å². The van der Waals surface area contributed by atoms with Gasteiger partial charge in [0.05, 0.1) is 7.11 Å². The van der Waals surface area contributed by atoms with Crippen molar-refractivity contribution in [3.05, 3.63) is 46.0 Å². The lowest BCUT2D eigenvalue weighted by Gasteiger charge is -2.10. The summed E-state index contributed by atoms with van der Waals surface area (Å²) >= 11 is 11.5. The van der Waals surface area contributed by atoms with Gasteiger partial charge in [-0.05, 0) is 12.1 Å². The lowest BCUT2D eigenvalue weighted by atomic mass is 10.2. The van der Waals surface area contributed by atoms with Crippen LogP contribution in [-0.4, -0.2) is 17.1 Å². The van der Waals surface area contributed by atoms with E-state index in [1.54, 1.807) is 12.1 Å². The number of benzene rings is 1. The number of rotatable bonds is 4. The first kappa shape index (κ1) is 13.8. The third kappa shape index (κ3) is 3.45. The van der Waals surface area contributed by atoms with Crippen LogP contribution in [-0.2, 0) is 6.54 Å². The molecule has 0 aliphatic rings. The van der Waals surface area contributed by atoms with Gasteiger partial charge in [0.1, 0.15) is 21.9 Å². The first-order chi connectivity index (χ1) is 9.10. The third-order valence-electron chi connectivity index (χ3n) is 2.38. The van der Waals surface area contributed by atoms with E-state index in [1.165, 1.54) is 19.2 Å². The van der Waals surface area contributed by atoms with Gasteiger partial charge in [-0.1, -0.05) is 29.3 Å². The first-order valence-electron chi connectivity index (χ1n) is 5.35. The number of anilines is 1. The summed E-state index contributed by atoms with van der Waals surface area (Å²) in [6.45, 7) is 0.159. The number of halogens is 3. The van der Waals surface area contributed by atoms with Crippen LogP contribution in [0.1, 0.15) is 5.56 Å². The minimum absolute atomic E-state index is 0.159. The van der Waals surface area contributed by atoms with Crippen LogP contribution in [0.25, 0.3) is 0 Å². The average Bonchev–Trinajstić information content (AvgIpc) is 2.36. The number of hydrogen-bond acceptors (Lipinski definition) is 4. The Morgan fingerprint density at radius 2 is 1.95 bits per heavy atom. The summed E-state index contributed by atoms with van der Waals surface area (Å²) in [5.41, 5.74) is 0.379. The molecule has 0 saturated carbocycles. The van der Waals surface area contributed by atoms with E-state index in [-0.39, 0.29) is 28.6 Å². The fourth-order valence-corrected chi connectivity index (χ4v) is 1.96. The standard InChI is InChI=1S/C12H10Cl2FN3O/c1-19-9-4-2-3-8(15)7(9)6-16-12-17-10(13)5-11(14)18-12/h2-5H,6H2,1H3,(H,16,17,18). The summed E-state index contributed by atoms with van der Waals surface area (Å²) in [7, 11) is 1.48. The van der Waals surface area contributed by atoms with Crippen LogP contribution in [0.2, 0.25) is 10.3 Å². The van der Waals surface area contributed by atoms with E-state index in [0.29, 0.717) is 11.3 Å². The Labute approximate surface area is 119 Å². The molecule has 0 fully saturated rings. The molecule has 4 nitrogen and oxygen atoms in total. The largest absolute Gasteiger partial charge is 0.496 e. The number of ether oxygens (including phenoxy) is 1. The highest BCUT2D eigenvalue weighted by atomic mass is 35.5. The summed E-state index contributed by atoms with van der Waals surface area (Å²) in [6, 6.07) is 6.01. The Bertz CT molecular complexity index is 575. The molecule has 0 aliphatic heterocycles. The fraction of sp³-hybridized carbons (Fsp3) is 0.167. The molecule has 0 amide bonds. The van der Waals surface area contributed by atoms with Gasteiger partial charge in [0.2, 0.25) is 5.95 Å². The Kier molecular flexibility index (Phi) is 4.39. The number of nitrogens with zero attached hydrogens (tertiary/aromatic N) is 2. The molecule has 1 aromatic carbocycles. The van der Waals surface area contributed by atoms with E-state index >= 15 is 0 Å². The van der Waals surface area contributed by atoms with Crippen molar-refractivity contribution < 1.29 is 9.13 Å². The maximum Gasteiger partial charge on any atom is 0.225 e. The quantitative estimate of drug-likeness (QED) is 0.878. The summed E-state index contributed by atoms with van der Waals surface area (Å²) in [5, 5.41) is 3.27. The molecular formula is C12H10Cl2FN3O. The number of hydrogen-bond donors (Lipinski definition) is 1. The molecule has 7 heteroatoms. The molecule has 0 saturated heterocycles. The molecule has 2 aromatic rings. The van der Waals surface area contributed by atoms with Crippen LogP contribution < -0.4 is 10.1 Å². The Hall–Kier alpha value is -1.59. The minimum Gasteiger partial charge on any atom is -0.496 e. The van der Waals surface area contributed by atoms with Crippen LogP contribution in [0.3, 0.4) is 0 Å². The van der Waals surface area contributed by atoms with Crippen molar-refractivity contribution >= 4 is 29.2 Å². The fourth-order valence-electron chi connectivity index (χ4n) is 1.54. The van der Waals surface area contributed by atoms with Gasteiger partial charge in [0.25, 0.3) is 0 Å². The van der Waals surface area contributed by atoms with E-state index in [4.69, 9.17) is 27.9 Å². The minimum atomic E-state index is -0.375. The predicted octanol–water partition coefficient (Wildman–Crippen LogP) is 3.54. The van der Waals surface area contributed by atoms with E-state index in [9.17, 15) is 4.39 Å². The zero-order valence-electron chi connectivity index (χ0n) is 9.95. The van der Waals surface area contributed by atoms with Crippen LogP contribution in [0.4, 0.5) is 10.3 Å². The Morgan fingerprint density at radius 1 is 1.26 bits per heavy atom. The summed E-state index contributed by atoms with van der Waals surface area (Å²) in [5.74, 6) is 0.295. The molecule has 0 spiro atoms. The topological polar surface area (TPSA) is 47.0 Å². The average molecular weight is 302 g/mol. The highest BCUT2D eigenvalue weighted by Crippen LogP contribution is 2.22. The van der Waals surface area contributed by atoms with Gasteiger partial charge >= 0.3 is 0 Å². The summed E-state index contributed by atoms with van der Waals surface area (Å²) in [6.07, 6.45) is 0. The monoisotopic (exact) mass is 301 g/mol. The lowest BCUT2D eigenvalue weighted by molar-refractivity contribution is 0.405. The van der Waals surface area contributed by atoms with E-state index in [2.05, 4.69) is 15.3 Å². The third-order valence-corrected chi connectivity index (χ3v) is 2.77. The molecule has 2 rings (SSSR count). The summed E-state index contributed by atoms with van der Waals surface area (Å²) in [4.78, 5) is 7.86.